The Morgan fingerprint density at radius 2 is 2.20 bits per heavy atom. The van der Waals surface area contributed by atoms with Crippen LogP contribution < -0.4 is 10.6 Å². The lowest BCUT2D eigenvalue weighted by Gasteiger charge is -2.48. The van der Waals surface area contributed by atoms with Crippen molar-refractivity contribution in [3.05, 3.63) is 0 Å². The molecule has 1 spiro atoms. The Bertz CT molecular complexity index is 213. The van der Waals surface area contributed by atoms with Crippen molar-refractivity contribution in [3.8, 4) is 0 Å². The van der Waals surface area contributed by atoms with Gasteiger partial charge in [0.1, 0.15) is 0 Å². The Kier molecular flexibility index (Phi) is 3.33. The zero-order valence-corrected chi connectivity index (χ0v) is 10.3. The van der Waals surface area contributed by atoms with Crippen LogP contribution in [0.15, 0.2) is 0 Å². The highest BCUT2D eigenvalue weighted by Crippen LogP contribution is 2.23. The van der Waals surface area contributed by atoms with E-state index in [1.165, 1.54) is 25.9 Å². The topological polar surface area (TPSA) is 27.3 Å². The van der Waals surface area contributed by atoms with Crippen molar-refractivity contribution in [1.29, 1.82) is 0 Å². The van der Waals surface area contributed by atoms with E-state index < -0.39 is 0 Å². The average Bonchev–Trinajstić information content (AvgIpc) is 2.17. The van der Waals surface area contributed by atoms with Gasteiger partial charge in [0.25, 0.3) is 0 Å². The molecule has 15 heavy (non-hydrogen) atoms. The van der Waals surface area contributed by atoms with Crippen LogP contribution in [0.3, 0.4) is 0 Å². The van der Waals surface area contributed by atoms with E-state index in [9.17, 15) is 0 Å². The van der Waals surface area contributed by atoms with Crippen LogP contribution in [0.5, 0.6) is 0 Å². The van der Waals surface area contributed by atoms with Crippen LogP contribution in [-0.4, -0.2) is 49.7 Å². The molecule has 0 aromatic rings. The fraction of sp³-hybridized carbons (Fsp3) is 1.00. The van der Waals surface area contributed by atoms with E-state index in [2.05, 4.69) is 36.4 Å². The van der Waals surface area contributed by atoms with E-state index >= 15 is 0 Å². The molecule has 2 saturated heterocycles. The highest BCUT2D eigenvalue weighted by molar-refractivity contribution is 5.01. The van der Waals surface area contributed by atoms with Crippen molar-refractivity contribution in [1.82, 2.24) is 15.5 Å². The first-order valence-corrected chi connectivity index (χ1v) is 6.28. The van der Waals surface area contributed by atoms with E-state index in [0.717, 1.165) is 19.0 Å². The summed E-state index contributed by atoms with van der Waals surface area (Å²) in [6.07, 6.45) is 2.66. The highest BCUT2D eigenvalue weighted by Gasteiger charge is 2.38. The molecule has 2 aliphatic heterocycles. The molecule has 0 bridgehead atoms. The molecule has 2 unspecified atom stereocenters. The number of hydrogen-bond donors (Lipinski definition) is 2. The zero-order chi connectivity index (χ0) is 10.9. The standard InChI is InChI=1S/C12H25N3/c1-10(2)11-7-13-8-12(14-11)5-4-6-15(3)9-12/h10-11,13-14H,4-9H2,1-3H3. The van der Waals surface area contributed by atoms with Gasteiger partial charge in [-0.2, -0.15) is 0 Å². The Balaban J connectivity index is 2.01. The monoisotopic (exact) mass is 211 g/mol. The third-order valence-electron chi connectivity index (χ3n) is 3.89. The molecule has 0 aromatic carbocycles. The van der Waals surface area contributed by atoms with Gasteiger partial charge in [0.2, 0.25) is 0 Å². The second-order valence-electron chi connectivity index (χ2n) is 5.75. The van der Waals surface area contributed by atoms with Crippen molar-refractivity contribution in [2.75, 3.05) is 33.2 Å². The molecule has 2 fully saturated rings. The maximum Gasteiger partial charge on any atom is 0.0437 e. The Hall–Kier alpha value is -0.120. The number of nitrogens with one attached hydrogen (secondary N) is 2. The summed E-state index contributed by atoms with van der Waals surface area (Å²) in [5.41, 5.74) is 0.347. The van der Waals surface area contributed by atoms with Crippen molar-refractivity contribution in [2.45, 2.75) is 38.3 Å². The quantitative estimate of drug-likeness (QED) is 0.667. The fourth-order valence-corrected chi connectivity index (χ4v) is 2.99. The molecule has 88 valence electrons. The summed E-state index contributed by atoms with van der Waals surface area (Å²) in [6, 6.07) is 0.644. The molecule has 3 heteroatoms. The van der Waals surface area contributed by atoms with Crippen molar-refractivity contribution in [3.63, 3.8) is 0 Å². The Morgan fingerprint density at radius 3 is 2.87 bits per heavy atom. The minimum Gasteiger partial charge on any atom is -0.313 e. The third kappa shape index (κ3) is 2.52. The average molecular weight is 211 g/mol. The third-order valence-corrected chi connectivity index (χ3v) is 3.89. The fourth-order valence-electron chi connectivity index (χ4n) is 2.99. The molecular weight excluding hydrogens is 186 g/mol. The van der Waals surface area contributed by atoms with E-state index in [0.29, 0.717) is 11.6 Å². The number of hydrogen-bond acceptors (Lipinski definition) is 3. The van der Waals surface area contributed by atoms with Gasteiger partial charge in [0.05, 0.1) is 0 Å². The molecule has 0 saturated carbocycles. The Morgan fingerprint density at radius 1 is 1.40 bits per heavy atom. The van der Waals surface area contributed by atoms with Crippen molar-refractivity contribution < 1.29 is 0 Å². The van der Waals surface area contributed by atoms with Gasteiger partial charge in [-0.05, 0) is 32.4 Å². The molecule has 2 atom stereocenters. The van der Waals surface area contributed by atoms with Crippen molar-refractivity contribution in [2.24, 2.45) is 5.92 Å². The summed E-state index contributed by atoms with van der Waals surface area (Å²) < 4.78 is 0. The highest BCUT2D eigenvalue weighted by atomic mass is 15.2. The normalized spacial score (nSPS) is 38.8. The molecular formula is C12H25N3. The molecule has 0 aromatic heterocycles. The predicted molar refractivity (Wildman–Crippen MR) is 64.1 cm³/mol. The lowest BCUT2D eigenvalue weighted by atomic mass is 9.84. The van der Waals surface area contributed by atoms with E-state index in [-0.39, 0.29) is 0 Å². The smallest absolute Gasteiger partial charge is 0.0437 e. The lowest BCUT2D eigenvalue weighted by Crippen LogP contribution is -2.69. The largest absolute Gasteiger partial charge is 0.313 e. The minimum atomic E-state index is 0.347. The first-order valence-electron chi connectivity index (χ1n) is 6.28. The second kappa shape index (κ2) is 4.40. The molecule has 3 nitrogen and oxygen atoms in total. The SMILES string of the molecule is CC(C)C1CNCC2(CCCN(C)C2)N1. The summed E-state index contributed by atoms with van der Waals surface area (Å²) in [5.74, 6) is 0.724. The maximum absolute atomic E-state index is 3.89. The van der Waals surface area contributed by atoms with E-state index in [4.69, 9.17) is 0 Å². The van der Waals surface area contributed by atoms with Crippen LogP contribution in [0.1, 0.15) is 26.7 Å². The predicted octanol–water partition coefficient (Wildman–Crippen LogP) is 0.668. The number of rotatable bonds is 1. The second-order valence-corrected chi connectivity index (χ2v) is 5.75. The first kappa shape index (κ1) is 11.4. The van der Waals surface area contributed by atoms with Gasteiger partial charge in [0, 0.05) is 31.2 Å². The molecule has 0 aliphatic carbocycles. The zero-order valence-electron chi connectivity index (χ0n) is 10.3. The van der Waals surface area contributed by atoms with Crippen LogP contribution in [0.4, 0.5) is 0 Å². The molecule has 2 N–H and O–H groups in total. The number of likely N-dealkylation sites (N-methyl/N-ethyl adjacent to an activating group) is 1. The molecule has 2 heterocycles. The molecule has 0 radical (unpaired) electrons. The van der Waals surface area contributed by atoms with Crippen LogP contribution >= 0.6 is 0 Å². The Labute approximate surface area is 93.6 Å². The summed E-state index contributed by atoms with van der Waals surface area (Å²) in [4.78, 5) is 2.46. The maximum atomic E-state index is 3.89. The summed E-state index contributed by atoms with van der Waals surface area (Å²) in [6.45, 7) is 9.35. The summed E-state index contributed by atoms with van der Waals surface area (Å²) in [7, 11) is 2.24. The molecule has 2 rings (SSSR count). The van der Waals surface area contributed by atoms with Gasteiger partial charge >= 0.3 is 0 Å². The summed E-state index contributed by atoms with van der Waals surface area (Å²) >= 11 is 0. The van der Waals surface area contributed by atoms with Gasteiger partial charge in [-0.25, -0.2) is 0 Å². The molecule has 0 amide bonds. The van der Waals surface area contributed by atoms with Crippen LogP contribution in [0, 0.1) is 5.92 Å². The number of piperazine rings is 1. The lowest BCUT2D eigenvalue weighted by molar-refractivity contribution is 0.0978. The van der Waals surface area contributed by atoms with Crippen LogP contribution in [-0.2, 0) is 0 Å². The minimum absolute atomic E-state index is 0.347. The number of nitrogens with zero attached hydrogens (tertiary/aromatic N) is 1. The van der Waals surface area contributed by atoms with Gasteiger partial charge in [0.15, 0.2) is 0 Å². The van der Waals surface area contributed by atoms with Crippen LogP contribution in [0.25, 0.3) is 0 Å². The van der Waals surface area contributed by atoms with Crippen molar-refractivity contribution >= 4 is 0 Å². The number of likely N-dealkylation sites (tertiary alicyclic amines) is 1. The van der Waals surface area contributed by atoms with Crippen LogP contribution in [0.2, 0.25) is 0 Å². The van der Waals surface area contributed by atoms with Gasteiger partial charge in [-0.3, -0.25) is 0 Å². The van der Waals surface area contributed by atoms with Gasteiger partial charge < -0.3 is 15.5 Å². The number of piperidine rings is 1. The van der Waals surface area contributed by atoms with E-state index in [1.807, 2.05) is 0 Å². The van der Waals surface area contributed by atoms with Gasteiger partial charge in [-0.1, -0.05) is 13.8 Å². The first-order chi connectivity index (χ1) is 7.11. The summed E-state index contributed by atoms with van der Waals surface area (Å²) in [5, 5.41) is 7.50. The van der Waals surface area contributed by atoms with Gasteiger partial charge in [-0.15, -0.1) is 0 Å². The van der Waals surface area contributed by atoms with E-state index in [1.54, 1.807) is 0 Å². The molecule has 2 aliphatic rings.